The van der Waals surface area contributed by atoms with E-state index in [1.54, 1.807) is 5.57 Å². The normalized spacial score (nSPS) is 27.1. The molecule has 0 spiro atoms. The number of fused-ring (bicyclic) bond motifs is 4. The van der Waals surface area contributed by atoms with Gasteiger partial charge in [0.2, 0.25) is 0 Å². The zero-order valence-electron chi connectivity index (χ0n) is 25.2. The van der Waals surface area contributed by atoms with Crippen molar-refractivity contribution < 1.29 is 9.31 Å². The van der Waals surface area contributed by atoms with Gasteiger partial charge in [-0.3, -0.25) is 0 Å². The van der Waals surface area contributed by atoms with Crippen molar-refractivity contribution in [2.45, 2.75) is 103 Å². The van der Waals surface area contributed by atoms with Crippen LogP contribution >= 0.6 is 0 Å². The van der Waals surface area contributed by atoms with Crippen LogP contribution in [-0.2, 0) is 20.1 Å². The maximum absolute atomic E-state index is 6.31. The van der Waals surface area contributed by atoms with Crippen molar-refractivity contribution >= 4 is 12.7 Å². The van der Waals surface area contributed by atoms with Crippen LogP contribution in [0.15, 0.2) is 77.9 Å². The van der Waals surface area contributed by atoms with E-state index in [1.165, 1.54) is 44.5 Å². The number of allylic oxidation sites excluding steroid dienone is 8. The standard InChI is InChI=1S/C36H43BO2/c1-10-25-27-17-15-23(24-16-18-28-26-13-11-12-14-29(26)33(2,3)32(28)22-24)21-31(27)34(4,5)30(25)19-20-37-38-35(6,7)36(8,9)39-37/h10-12,14-19,21-22,26H,13,20H2,1-9H3. The second kappa shape index (κ2) is 8.69. The lowest BCUT2D eigenvalue weighted by molar-refractivity contribution is 0.00578. The molecule has 0 bridgehead atoms. The Balaban J connectivity index is 1.34. The van der Waals surface area contributed by atoms with E-state index in [2.05, 4.69) is 129 Å². The van der Waals surface area contributed by atoms with E-state index in [4.69, 9.17) is 9.31 Å². The summed E-state index contributed by atoms with van der Waals surface area (Å²) in [5.41, 5.74) is 11.9. The van der Waals surface area contributed by atoms with Gasteiger partial charge in [-0.05, 0) is 97.7 Å². The van der Waals surface area contributed by atoms with Crippen LogP contribution in [0.3, 0.4) is 0 Å². The van der Waals surface area contributed by atoms with Crippen LogP contribution in [0.4, 0.5) is 0 Å². The van der Waals surface area contributed by atoms with Gasteiger partial charge >= 0.3 is 7.12 Å². The predicted octanol–water partition coefficient (Wildman–Crippen LogP) is 9.33. The van der Waals surface area contributed by atoms with Gasteiger partial charge in [0.15, 0.2) is 0 Å². The quantitative estimate of drug-likeness (QED) is 0.377. The molecule has 0 saturated carbocycles. The van der Waals surface area contributed by atoms with E-state index in [0.29, 0.717) is 5.92 Å². The van der Waals surface area contributed by atoms with E-state index in [9.17, 15) is 0 Å². The van der Waals surface area contributed by atoms with Gasteiger partial charge in [-0.15, -0.1) is 0 Å². The molecule has 1 atom stereocenters. The van der Waals surface area contributed by atoms with Crippen molar-refractivity contribution in [1.82, 2.24) is 0 Å². The van der Waals surface area contributed by atoms with Gasteiger partial charge in [0.05, 0.1) is 11.2 Å². The average Bonchev–Trinajstić information content (AvgIpc) is 3.35. The Morgan fingerprint density at radius 1 is 0.846 bits per heavy atom. The third-order valence-corrected chi connectivity index (χ3v) is 10.4. The van der Waals surface area contributed by atoms with E-state index in [1.807, 2.05) is 0 Å². The predicted molar refractivity (Wildman–Crippen MR) is 165 cm³/mol. The summed E-state index contributed by atoms with van der Waals surface area (Å²) in [6.45, 7) is 20.1. The van der Waals surface area contributed by atoms with Crippen molar-refractivity contribution in [3.05, 3.63) is 100 Å². The Kier molecular flexibility index (Phi) is 5.93. The van der Waals surface area contributed by atoms with E-state index in [-0.39, 0.29) is 29.2 Å². The first-order valence-electron chi connectivity index (χ1n) is 14.7. The fourth-order valence-corrected chi connectivity index (χ4v) is 7.36. The smallest absolute Gasteiger partial charge is 0.403 e. The molecule has 1 unspecified atom stereocenters. The first-order valence-corrected chi connectivity index (χ1v) is 14.7. The number of rotatable bonds is 3. The zero-order chi connectivity index (χ0) is 28.0. The number of hydrogen-bond acceptors (Lipinski definition) is 2. The van der Waals surface area contributed by atoms with Crippen LogP contribution in [0, 0.1) is 0 Å². The maximum atomic E-state index is 6.31. The molecule has 1 saturated heterocycles. The molecule has 4 aliphatic rings. The summed E-state index contributed by atoms with van der Waals surface area (Å²) in [4.78, 5) is 0. The number of benzene rings is 2. The summed E-state index contributed by atoms with van der Waals surface area (Å²) in [7, 11) is -0.223. The summed E-state index contributed by atoms with van der Waals surface area (Å²) in [5.74, 6) is 0.530. The summed E-state index contributed by atoms with van der Waals surface area (Å²) >= 11 is 0. The van der Waals surface area contributed by atoms with Gasteiger partial charge < -0.3 is 9.31 Å². The minimum Gasteiger partial charge on any atom is -0.403 e. The highest BCUT2D eigenvalue weighted by atomic mass is 16.7. The van der Waals surface area contributed by atoms with Gasteiger partial charge in [0.25, 0.3) is 0 Å². The Labute approximate surface area is 236 Å². The Morgan fingerprint density at radius 3 is 2.15 bits per heavy atom. The highest BCUT2D eigenvalue weighted by Crippen LogP contribution is 2.54. The lowest BCUT2D eigenvalue weighted by Gasteiger charge is -2.32. The van der Waals surface area contributed by atoms with Crippen molar-refractivity contribution in [2.75, 3.05) is 0 Å². The van der Waals surface area contributed by atoms with Crippen molar-refractivity contribution in [3.63, 3.8) is 0 Å². The fraction of sp³-hybridized carbons (Fsp3) is 0.444. The molecule has 202 valence electrons. The molecule has 2 aromatic rings. The zero-order valence-corrected chi connectivity index (χ0v) is 25.2. The molecule has 39 heavy (non-hydrogen) atoms. The average molecular weight is 519 g/mol. The minimum absolute atomic E-state index is 0.0678. The molecule has 1 fully saturated rings. The fourth-order valence-electron chi connectivity index (χ4n) is 7.36. The SMILES string of the molecule is CC=C1C(=CCB2OC(C)(C)C(C)(C)O2)C(C)(C)c2cc(-c3ccc4c(c3)C(C)(C)C3=CC=CCC34)ccc21. The third kappa shape index (κ3) is 3.91. The van der Waals surface area contributed by atoms with Crippen LogP contribution in [0.5, 0.6) is 0 Å². The Bertz CT molecular complexity index is 1460. The van der Waals surface area contributed by atoms with E-state index < -0.39 is 0 Å². The summed E-state index contributed by atoms with van der Waals surface area (Å²) in [6, 6.07) is 14.3. The van der Waals surface area contributed by atoms with Crippen LogP contribution in [-0.4, -0.2) is 18.3 Å². The molecule has 3 aliphatic carbocycles. The van der Waals surface area contributed by atoms with E-state index >= 15 is 0 Å². The maximum Gasteiger partial charge on any atom is 0.461 e. The summed E-state index contributed by atoms with van der Waals surface area (Å²) in [5, 5.41) is 0. The van der Waals surface area contributed by atoms with Gasteiger partial charge in [0.1, 0.15) is 0 Å². The molecular weight excluding hydrogens is 475 g/mol. The first-order chi connectivity index (χ1) is 18.3. The lowest BCUT2D eigenvalue weighted by atomic mass is 9.77. The first kappa shape index (κ1) is 26.6. The third-order valence-electron chi connectivity index (χ3n) is 10.4. The molecule has 6 rings (SSSR count). The molecule has 0 amide bonds. The molecule has 1 aliphatic heterocycles. The highest BCUT2D eigenvalue weighted by Gasteiger charge is 2.51. The lowest BCUT2D eigenvalue weighted by Crippen LogP contribution is -2.41. The topological polar surface area (TPSA) is 18.5 Å². The molecule has 3 heteroatoms. The molecule has 0 radical (unpaired) electrons. The molecule has 2 aromatic carbocycles. The van der Waals surface area contributed by atoms with Crippen LogP contribution in [0.2, 0.25) is 6.32 Å². The molecule has 0 aromatic heterocycles. The van der Waals surface area contributed by atoms with Gasteiger partial charge in [0, 0.05) is 23.1 Å². The Morgan fingerprint density at radius 2 is 1.49 bits per heavy atom. The largest absolute Gasteiger partial charge is 0.461 e. The van der Waals surface area contributed by atoms with Gasteiger partial charge in [-0.25, -0.2) is 0 Å². The second-order valence-corrected chi connectivity index (χ2v) is 13.9. The Hall–Kier alpha value is -2.62. The van der Waals surface area contributed by atoms with Gasteiger partial charge in [-0.1, -0.05) is 87.9 Å². The van der Waals surface area contributed by atoms with Crippen LogP contribution < -0.4 is 0 Å². The molecular formula is C36H43BO2. The summed E-state index contributed by atoms with van der Waals surface area (Å²) < 4.78 is 12.6. The molecule has 0 N–H and O–H groups in total. The molecule has 2 nitrogen and oxygen atoms in total. The van der Waals surface area contributed by atoms with Crippen LogP contribution in [0.25, 0.3) is 16.7 Å². The van der Waals surface area contributed by atoms with Crippen molar-refractivity contribution in [1.29, 1.82) is 0 Å². The second-order valence-electron chi connectivity index (χ2n) is 13.9. The monoisotopic (exact) mass is 518 g/mol. The minimum atomic E-state index is -0.308. The highest BCUT2D eigenvalue weighted by molar-refractivity contribution is 6.46. The molecule has 1 heterocycles. The van der Waals surface area contributed by atoms with Crippen LogP contribution in [0.1, 0.15) is 96.9 Å². The van der Waals surface area contributed by atoms with Crippen molar-refractivity contribution in [3.8, 4) is 11.1 Å². The van der Waals surface area contributed by atoms with Crippen molar-refractivity contribution in [2.24, 2.45) is 0 Å². The van der Waals surface area contributed by atoms with E-state index in [0.717, 1.165) is 12.7 Å². The van der Waals surface area contributed by atoms with Gasteiger partial charge in [-0.2, -0.15) is 0 Å². The number of hydrogen-bond donors (Lipinski definition) is 0. The summed E-state index contributed by atoms with van der Waals surface area (Å²) in [6.07, 6.45) is 13.4.